The first kappa shape index (κ1) is 26.1. The molecule has 1 amide bonds. The van der Waals surface area contributed by atoms with E-state index in [-0.39, 0.29) is 5.91 Å². The van der Waals surface area contributed by atoms with Gasteiger partial charge < -0.3 is 9.47 Å². The number of thiocarbonyl (C=S) groups is 1. The Morgan fingerprint density at radius 1 is 1.14 bits per heavy atom. The highest BCUT2D eigenvalue weighted by atomic mass is 79.9. The van der Waals surface area contributed by atoms with Crippen LogP contribution in [0.3, 0.4) is 0 Å². The second-order valence-corrected chi connectivity index (χ2v) is 11.2. The second kappa shape index (κ2) is 11.8. The molecule has 0 saturated carbocycles. The van der Waals surface area contributed by atoms with Gasteiger partial charge in [-0.3, -0.25) is 9.69 Å². The number of hydrogen-bond acceptors (Lipinski definition) is 6. The highest BCUT2D eigenvalue weighted by molar-refractivity contribution is 9.10. The molecular weight excluding hydrogens is 586 g/mol. The van der Waals surface area contributed by atoms with E-state index >= 15 is 0 Å². The number of thioether (sulfide) groups is 2. The van der Waals surface area contributed by atoms with Crippen LogP contribution in [0.25, 0.3) is 6.08 Å². The number of hydrogen-bond donors (Lipinski definition) is 0. The van der Waals surface area contributed by atoms with E-state index in [4.69, 9.17) is 33.3 Å². The van der Waals surface area contributed by atoms with E-state index in [2.05, 4.69) is 15.9 Å². The SMILES string of the molecule is CCOc1cc(/C=C2/SC(=S)N(c3cccc(SC)c3)C2=O)cc(Br)c1OCc1ccc(Cl)cc1. The minimum absolute atomic E-state index is 0.143. The maximum Gasteiger partial charge on any atom is 0.270 e. The molecule has 9 heteroatoms. The first-order valence-electron chi connectivity index (χ1n) is 10.6. The minimum atomic E-state index is -0.143. The number of anilines is 1. The number of nitrogens with zero attached hydrogens (tertiary/aromatic N) is 1. The van der Waals surface area contributed by atoms with E-state index in [9.17, 15) is 4.79 Å². The monoisotopic (exact) mass is 605 g/mol. The summed E-state index contributed by atoms with van der Waals surface area (Å²) in [6.45, 7) is 2.75. The van der Waals surface area contributed by atoms with Gasteiger partial charge in [0.15, 0.2) is 15.8 Å². The smallest absolute Gasteiger partial charge is 0.270 e. The van der Waals surface area contributed by atoms with Crippen LogP contribution in [0.1, 0.15) is 18.1 Å². The lowest BCUT2D eigenvalue weighted by molar-refractivity contribution is -0.113. The largest absolute Gasteiger partial charge is 0.490 e. The van der Waals surface area contributed by atoms with Gasteiger partial charge in [0.1, 0.15) is 6.61 Å². The van der Waals surface area contributed by atoms with Crippen LogP contribution in [0.5, 0.6) is 11.5 Å². The summed E-state index contributed by atoms with van der Waals surface area (Å²) >= 11 is 18.0. The summed E-state index contributed by atoms with van der Waals surface area (Å²) in [4.78, 5) is 16.4. The van der Waals surface area contributed by atoms with Crippen molar-refractivity contribution >= 4 is 85.3 Å². The molecule has 1 fully saturated rings. The van der Waals surface area contributed by atoms with Crippen molar-refractivity contribution in [2.45, 2.75) is 18.4 Å². The Bertz CT molecular complexity index is 1300. The van der Waals surface area contributed by atoms with Crippen LogP contribution >= 0.6 is 63.3 Å². The normalized spacial score (nSPS) is 14.6. The molecule has 0 bridgehead atoms. The quantitative estimate of drug-likeness (QED) is 0.146. The Hall–Kier alpha value is -1.97. The van der Waals surface area contributed by atoms with E-state index in [1.54, 1.807) is 16.7 Å². The molecule has 1 heterocycles. The second-order valence-electron chi connectivity index (χ2n) is 7.40. The van der Waals surface area contributed by atoms with Crippen molar-refractivity contribution in [3.05, 3.63) is 86.2 Å². The zero-order valence-corrected chi connectivity index (χ0v) is 23.7. The first-order chi connectivity index (χ1) is 16.9. The Kier molecular flexibility index (Phi) is 8.83. The summed E-state index contributed by atoms with van der Waals surface area (Å²) in [7, 11) is 0. The maximum absolute atomic E-state index is 13.2. The molecule has 0 aliphatic carbocycles. The Balaban J connectivity index is 1.59. The summed E-state index contributed by atoms with van der Waals surface area (Å²) < 4.78 is 13.2. The third-order valence-corrected chi connectivity index (χ3v) is 7.90. The van der Waals surface area contributed by atoms with Crippen molar-refractivity contribution in [3.8, 4) is 11.5 Å². The molecule has 0 radical (unpaired) electrons. The van der Waals surface area contributed by atoms with Gasteiger partial charge in [-0.15, -0.1) is 11.8 Å². The number of benzene rings is 3. The van der Waals surface area contributed by atoms with Gasteiger partial charge in [0.05, 0.1) is 21.7 Å². The molecule has 35 heavy (non-hydrogen) atoms. The van der Waals surface area contributed by atoms with Crippen LogP contribution in [-0.2, 0) is 11.4 Å². The van der Waals surface area contributed by atoms with Gasteiger partial charge in [-0.05, 0) is 88.8 Å². The van der Waals surface area contributed by atoms with Gasteiger partial charge in [0, 0.05) is 9.92 Å². The zero-order valence-electron chi connectivity index (χ0n) is 18.9. The Morgan fingerprint density at radius 3 is 2.63 bits per heavy atom. The fourth-order valence-electron chi connectivity index (χ4n) is 3.40. The van der Waals surface area contributed by atoms with Gasteiger partial charge in [0.2, 0.25) is 0 Å². The lowest BCUT2D eigenvalue weighted by atomic mass is 10.1. The predicted molar refractivity (Wildman–Crippen MR) is 155 cm³/mol. The lowest BCUT2D eigenvalue weighted by Crippen LogP contribution is -2.27. The number of carbonyl (C=O) groups is 1. The Morgan fingerprint density at radius 2 is 1.91 bits per heavy atom. The summed E-state index contributed by atoms with van der Waals surface area (Å²) in [5.41, 5.74) is 2.56. The summed E-state index contributed by atoms with van der Waals surface area (Å²) in [6.07, 6.45) is 3.83. The minimum Gasteiger partial charge on any atom is -0.490 e. The van der Waals surface area contributed by atoms with Gasteiger partial charge in [0.25, 0.3) is 5.91 Å². The van der Waals surface area contributed by atoms with Crippen LogP contribution in [0.15, 0.2) is 74.9 Å². The lowest BCUT2D eigenvalue weighted by Gasteiger charge is -2.15. The average molecular weight is 607 g/mol. The molecule has 1 saturated heterocycles. The maximum atomic E-state index is 13.2. The number of rotatable bonds is 8. The molecule has 3 aromatic carbocycles. The molecule has 180 valence electrons. The van der Waals surface area contributed by atoms with Gasteiger partial charge in [-0.1, -0.05) is 53.8 Å². The first-order valence-corrected chi connectivity index (χ1v) is 14.3. The van der Waals surface area contributed by atoms with E-state index in [1.807, 2.05) is 79.9 Å². The highest BCUT2D eigenvalue weighted by Gasteiger charge is 2.33. The molecular formula is C26H21BrClNO3S3. The molecule has 0 atom stereocenters. The standard InChI is InChI=1S/C26H21BrClNO3S3/c1-3-31-22-12-17(11-21(27)24(22)32-15-16-7-9-18(28)10-8-16)13-23-25(30)29(26(33)35-23)19-5-4-6-20(14-19)34-2/h4-14H,3,15H2,1-2H3/b23-13+. The van der Waals surface area contributed by atoms with E-state index in [0.29, 0.717) is 39.0 Å². The van der Waals surface area contributed by atoms with Crippen molar-refractivity contribution in [1.29, 1.82) is 0 Å². The molecule has 0 spiro atoms. The predicted octanol–water partition coefficient (Wildman–Crippen LogP) is 8.21. The number of ether oxygens (including phenoxy) is 2. The van der Waals surface area contributed by atoms with Crippen molar-refractivity contribution in [2.75, 3.05) is 17.8 Å². The van der Waals surface area contributed by atoms with Crippen LogP contribution in [0.4, 0.5) is 5.69 Å². The molecule has 1 aliphatic rings. The van der Waals surface area contributed by atoms with Gasteiger partial charge in [-0.2, -0.15) is 0 Å². The third kappa shape index (κ3) is 6.24. The number of carbonyl (C=O) groups excluding carboxylic acids is 1. The number of halogens is 2. The molecule has 3 aromatic rings. The highest BCUT2D eigenvalue weighted by Crippen LogP contribution is 2.41. The molecule has 1 aliphatic heterocycles. The summed E-state index contributed by atoms with van der Waals surface area (Å²) in [6, 6.07) is 19.1. The average Bonchev–Trinajstić information content (AvgIpc) is 3.12. The topological polar surface area (TPSA) is 38.8 Å². The van der Waals surface area contributed by atoms with Crippen LogP contribution in [0, 0.1) is 0 Å². The van der Waals surface area contributed by atoms with E-state index < -0.39 is 0 Å². The third-order valence-electron chi connectivity index (χ3n) is 5.03. The van der Waals surface area contributed by atoms with E-state index in [1.165, 1.54) is 11.8 Å². The number of amides is 1. The molecule has 4 nitrogen and oxygen atoms in total. The van der Waals surface area contributed by atoms with Crippen LogP contribution in [0.2, 0.25) is 5.02 Å². The van der Waals surface area contributed by atoms with Crippen LogP contribution < -0.4 is 14.4 Å². The molecule has 0 aromatic heterocycles. The van der Waals surface area contributed by atoms with E-state index in [0.717, 1.165) is 26.2 Å². The summed E-state index contributed by atoms with van der Waals surface area (Å²) in [5, 5.41) is 0.677. The van der Waals surface area contributed by atoms with Crippen molar-refractivity contribution in [2.24, 2.45) is 0 Å². The van der Waals surface area contributed by atoms with Gasteiger partial charge in [-0.25, -0.2) is 0 Å². The van der Waals surface area contributed by atoms with Crippen molar-refractivity contribution in [3.63, 3.8) is 0 Å². The van der Waals surface area contributed by atoms with Crippen molar-refractivity contribution < 1.29 is 14.3 Å². The van der Waals surface area contributed by atoms with Crippen LogP contribution in [-0.4, -0.2) is 23.1 Å². The van der Waals surface area contributed by atoms with Crippen molar-refractivity contribution in [1.82, 2.24) is 0 Å². The molecule has 0 N–H and O–H groups in total. The molecule has 0 unspecified atom stereocenters. The summed E-state index contributed by atoms with van der Waals surface area (Å²) in [5.74, 6) is 1.04. The molecule has 4 rings (SSSR count). The van der Waals surface area contributed by atoms with Gasteiger partial charge >= 0.3 is 0 Å². The fourth-order valence-corrected chi connectivity index (χ4v) is 5.85. The fraction of sp³-hybridized carbons (Fsp3) is 0.154. The Labute approximate surface area is 232 Å². The zero-order chi connectivity index (χ0) is 24.9.